The van der Waals surface area contributed by atoms with E-state index in [9.17, 15) is 9.59 Å². The van der Waals surface area contributed by atoms with E-state index in [1.807, 2.05) is 41.3 Å². The Morgan fingerprint density at radius 2 is 1.90 bits per heavy atom. The van der Waals surface area contributed by atoms with Crippen molar-refractivity contribution in [1.29, 1.82) is 0 Å². The lowest BCUT2D eigenvalue weighted by atomic mass is 10.0. The molecule has 1 unspecified atom stereocenters. The van der Waals surface area contributed by atoms with Crippen LogP contribution in [0.2, 0.25) is 0 Å². The predicted octanol–water partition coefficient (Wildman–Crippen LogP) is 2.62. The van der Waals surface area contributed by atoms with Gasteiger partial charge in [-0.3, -0.25) is 9.59 Å². The highest BCUT2D eigenvalue weighted by atomic mass is 32.1. The van der Waals surface area contributed by atoms with Gasteiger partial charge in [-0.15, -0.1) is 0 Å². The van der Waals surface area contributed by atoms with Gasteiger partial charge in [-0.1, -0.05) is 23.5 Å². The van der Waals surface area contributed by atoms with Crippen molar-refractivity contribution in [2.75, 3.05) is 38.2 Å². The number of methoxy groups -OCH3 is 1. The van der Waals surface area contributed by atoms with Gasteiger partial charge in [-0.05, 0) is 29.8 Å². The standard InChI is InChI=1S/C22H25N5O3S/c1-15(28)24-19(16-5-7-17(30-2)8-6-16)14-20(29)26-10-12-27(13-11-26)22-25-18-4-3-9-23-21(18)31-22/h3-9,19H,10-14H2,1-2H3,(H,24,28). The summed E-state index contributed by atoms with van der Waals surface area (Å²) < 4.78 is 5.20. The first kappa shape index (κ1) is 21.0. The molecule has 4 rings (SSSR count). The summed E-state index contributed by atoms with van der Waals surface area (Å²) in [5, 5.41) is 3.84. The molecule has 0 spiro atoms. The van der Waals surface area contributed by atoms with Gasteiger partial charge in [0.15, 0.2) is 5.13 Å². The molecule has 0 saturated carbocycles. The highest BCUT2D eigenvalue weighted by Crippen LogP contribution is 2.28. The molecule has 3 heterocycles. The quantitative estimate of drug-likeness (QED) is 0.635. The summed E-state index contributed by atoms with van der Waals surface area (Å²) in [5.41, 5.74) is 1.78. The Balaban J connectivity index is 1.38. The van der Waals surface area contributed by atoms with E-state index in [-0.39, 0.29) is 24.3 Å². The molecule has 8 nitrogen and oxygen atoms in total. The number of amides is 2. The topological polar surface area (TPSA) is 87.7 Å². The van der Waals surface area contributed by atoms with Crippen LogP contribution in [0, 0.1) is 0 Å². The van der Waals surface area contributed by atoms with E-state index in [1.54, 1.807) is 24.6 Å². The van der Waals surface area contributed by atoms with Crippen LogP contribution in [0.4, 0.5) is 5.13 Å². The van der Waals surface area contributed by atoms with Gasteiger partial charge in [0, 0.05) is 39.3 Å². The van der Waals surface area contributed by atoms with Gasteiger partial charge < -0.3 is 19.9 Å². The number of pyridine rings is 1. The second kappa shape index (κ2) is 9.30. The molecule has 162 valence electrons. The first-order valence-electron chi connectivity index (χ1n) is 10.2. The number of hydrogen-bond acceptors (Lipinski definition) is 7. The molecule has 1 aromatic carbocycles. The maximum Gasteiger partial charge on any atom is 0.225 e. The Morgan fingerprint density at radius 1 is 1.16 bits per heavy atom. The average Bonchev–Trinajstić information content (AvgIpc) is 3.23. The van der Waals surface area contributed by atoms with Crippen molar-refractivity contribution in [3.05, 3.63) is 48.2 Å². The minimum Gasteiger partial charge on any atom is -0.497 e. The Morgan fingerprint density at radius 3 is 2.55 bits per heavy atom. The van der Waals surface area contributed by atoms with E-state index in [0.29, 0.717) is 13.1 Å². The number of nitrogens with zero attached hydrogens (tertiary/aromatic N) is 4. The van der Waals surface area contributed by atoms with Gasteiger partial charge in [0.2, 0.25) is 11.8 Å². The summed E-state index contributed by atoms with van der Waals surface area (Å²) in [5.74, 6) is 0.598. The SMILES string of the molecule is COc1ccc(C(CC(=O)N2CCN(c3nc4cccnc4s3)CC2)NC(C)=O)cc1. The van der Waals surface area contributed by atoms with Gasteiger partial charge in [-0.2, -0.15) is 0 Å². The summed E-state index contributed by atoms with van der Waals surface area (Å²) in [6.45, 7) is 4.15. The summed E-state index contributed by atoms with van der Waals surface area (Å²) in [6.07, 6.45) is 1.99. The average molecular weight is 440 g/mol. The van der Waals surface area contributed by atoms with Crippen molar-refractivity contribution < 1.29 is 14.3 Å². The molecule has 3 aromatic rings. The third-order valence-electron chi connectivity index (χ3n) is 5.33. The van der Waals surface area contributed by atoms with Crippen LogP contribution in [-0.2, 0) is 9.59 Å². The molecule has 31 heavy (non-hydrogen) atoms. The second-order valence-corrected chi connectivity index (χ2v) is 8.38. The van der Waals surface area contributed by atoms with E-state index in [0.717, 1.165) is 39.9 Å². The molecule has 2 amide bonds. The molecular weight excluding hydrogens is 414 g/mol. The number of hydrogen-bond donors (Lipinski definition) is 1. The Hall–Kier alpha value is -3.20. The zero-order valence-electron chi connectivity index (χ0n) is 17.6. The zero-order valence-corrected chi connectivity index (χ0v) is 18.4. The van der Waals surface area contributed by atoms with Crippen LogP contribution in [0.3, 0.4) is 0 Å². The van der Waals surface area contributed by atoms with Crippen LogP contribution in [-0.4, -0.2) is 60.0 Å². The number of thiazole rings is 1. The van der Waals surface area contributed by atoms with Crippen molar-refractivity contribution in [2.24, 2.45) is 0 Å². The lowest BCUT2D eigenvalue weighted by molar-refractivity contribution is -0.132. The summed E-state index contributed by atoms with van der Waals surface area (Å²) in [6, 6.07) is 10.9. The third kappa shape index (κ3) is 4.93. The maximum atomic E-state index is 13.0. The zero-order chi connectivity index (χ0) is 21.8. The van der Waals surface area contributed by atoms with Gasteiger partial charge in [0.1, 0.15) is 16.1 Å². The van der Waals surface area contributed by atoms with Crippen molar-refractivity contribution in [2.45, 2.75) is 19.4 Å². The van der Waals surface area contributed by atoms with Gasteiger partial charge in [0.25, 0.3) is 0 Å². The molecule has 0 aliphatic carbocycles. The number of carbonyl (C=O) groups is 2. The van der Waals surface area contributed by atoms with Gasteiger partial charge >= 0.3 is 0 Å². The second-order valence-electron chi connectivity index (χ2n) is 7.42. The highest BCUT2D eigenvalue weighted by molar-refractivity contribution is 7.21. The molecular formula is C22H25N5O3S. The summed E-state index contributed by atoms with van der Waals surface area (Å²) in [7, 11) is 1.61. The molecule has 1 N–H and O–H groups in total. The lowest BCUT2D eigenvalue weighted by Gasteiger charge is -2.35. The number of aromatic nitrogens is 2. The molecule has 0 radical (unpaired) electrons. The van der Waals surface area contributed by atoms with Crippen LogP contribution in [0.25, 0.3) is 10.3 Å². The Bertz CT molecular complexity index is 1030. The van der Waals surface area contributed by atoms with Crippen molar-refractivity contribution in [3.63, 3.8) is 0 Å². The summed E-state index contributed by atoms with van der Waals surface area (Å²) >= 11 is 1.57. The molecule has 9 heteroatoms. The normalized spacial score (nSPS) is 15.0. The molecule has 1 fully saturated rings. The Kier molecular flexibility index (Phi) is 6.31. The van der Waals surface area contributed by atoms with Gasteiger partial charge in [0.05, 0.1) is 19.6 Å². The first-order chi connectivity index (χ1) is 15.0. The number of piperazine rings is 1. The van der Waals surface area contributed by atoms with E-state index in [4.69, 9.17) is 4.74 Å². The predicted molar refractivity (Wildman–Crippen MR) is 120 cm³/mol. The molecule has 0 bridgehead atoms. The van der Waals surface area contributed by atoms with Gasteiger partial charge in [-0.25, -0.2) is 9.97 Å². The van der Waals surface area contributed by atoms with Crippen LogP contribution in [0.5, 0.6) is 5.75 Å². The molecule has 1 atom stereocenters. The third-order valence-corrected chi connectivity index (χ3v) is 6.37. The lowest BCUT2D eigenvalue weighted by Crippen LogP contribution is -2.49. The first-order valence-corrected chi connectivity index (χ1v) is 11.0. The monoisotopic (exact) mass is 439 g/mol. The number of ether oxygens (including phenoxy) is 1. The molecule has 1 saturated heterocycles. The van der Waals surface area contributed by atoms with Crippen molar-refractivity contribution >= 4 is 38.6 Å². The number of benzene rings is 1. The number of rotatable bonds is 6. The number of carbonyl (C=O) groups excluding carboxylic acids is 2. The summed E-state index contributed by atoms with van der Waals surface area (Å²) in [4.78, 5) is 38.7. The molecule has 1 aliphatic heterocycles. The van der Waals surface area contributed by atoms with Crippen LogP contribution in [0.15, 0.2) is 42.6 Å². The number of anilines is 1. The number of nitrogens with one attached hydrogen (secondary N) is 1. The van der Waals surface area contributed by atoms with E-state index >= 15 is 0 Å². The molecule has 1 aliphatic rings. The fourth-order valence-electron chi connectivity index (χ4n) is 3.68. The fourth-order valence-corrected chi connectivity index (χ4v) is 4.64. The van der Waals surface area contributed by atoms with Crippen LogP contribution < -0.4 is 15.0 Å². The smallest absolute Gasteiger partial charge is 0.225 e. The van der Waals surface area contributed by atoms with E-state index < -0.39 is 0 Å². The van der Waals surface area contributed by atoms with Crippen molar-refractivity contribution in [3.8, 4) is 5.75 Å². The van der Waals surface area contributed by atoms with Crippen LogP contribution >= 0.6 is 11.3 Å². The largest absolute Gasteiger partial charge is 0.497 e. The van der Waals surface area contributed by atoms with E-state index in [1.165, 1.54) is 6.92 Å². The minimum absolute atomic E-state index is 0.0279. The molecule has 2 aromatic heterocycles. The highest BCUT2D eigenvalue weighted by Gasteiger charge is 2.26. The number of fused-ring (bicyclic) bond motifs is 1. The maximum absolute atomic E-state index is 13.0. The van der Waals surface area contributed by atoms with Crippen LogP contribution in [0.1, 0.15) is 24.9 Å². The fraction of sp³-hybridized carbons (Fsp3) is 0.364. The minimum atomic E-state index is -0.371. The Labute approximate surface area is 184 Å². The van der Waals surface area contributed by atoms with E-state index in [2.05, 4.69) is 20.2 Å². The van der Waals surface area contributed by atoms with Crippen molar-refractivity contribution in [1.82, 2.24) is 20.2 Å².